The van der Waals surface area contributed by atoms with E-state index >= 15 is 0 Å². The highest BCUT2D eigenvalue weighted by molar-refractivity contribution is 6.20. The van der Waals surface area contributed by atoms with Gasteiger partial charge in [0.05, 0.1) is 18.0 Å². The predicted molar refractivity (Wildman–Crippen MR) is 48.6 cm³/mol. The molecule has 0 aliphatic rings. The molecule has 6 heteroatoms. The molecular weight excluding hydrogens is 192 g/mol. The van der Waals surface area contributed by atoms with Crippen molar-refractivity contribution in [1.82, 2.24) is 20.2 Å². The van der Waals surface area contributed by atoms with Crippen molar-refractivity contribution in [2.24, 2.45) is 0 Å². The zero-order valence-corrected chi connectivity index (χ0v) is 8.69. The fourth-order valence-electron chi connectivity index (χ4n) is 0.945. The van der Waals surface area contributed by atoms with Gasteiger partial charge in [-0.2, -0.15) is 0 Å². The number of methoxy groups -OCH3 is 1. The van der Waals surface area contributed by atoms with Crippen LogP contribution in [0.4, 0.5) is 0 Å². The molecule has 1 rings (SSSR count). The van der Waals surface area contributed by atoms with Crippen LogP contribution in [-0.4, -0.2) is 33.4 Å². The standard InChI is InChI=1S/C7H13ClN4O/c1-5(13-3)4-12-7(6(2)8)9-10-11-12/h5-6H,4H2,1-3H3. The molecule has 1 aromatic heterocycles. The number of hydrogen-bond donors (Lipinski definition) is 0. The average Bonchev–Trinajstić information content (AvgIpc) is 2.52. The summed E-state index contributed by atoms with van der Waals surface area (Å²) in [4.78, 5) is 0. The van der Waals surface area contributed by atoms with Crippen LogP contribution in [0.15, 0.2) is 0 Å². The summed E-state index contributed by atoms with van der Waals surface area (Å²) in [6.07, 6.45) is 0.0812. The number of aromatic nitrogens is 4. The Hall–Kier alpha value is -0.680. The Morgan fingerprint density at radius 1 is 1.54 bits per heavy atom. The molecule has 0 bridgehead atoms. The fourth-order valence-corrected chi connectivity index (χ4v) is 1.10. The second-order valence-corrected chi connectivity index (χ2v) is 3.54. The minimum absolute atomic E-state index is 0.0812. The minimum Gasteiger partial charge on any atom is -0.380 e. The first-order valence-electron chi connectivity index (χ1n) is 4.08. The third-order valence-electron chi connectivity index (χ3n) is 1.75. The summed E-state index contributed by atoms with van der Waals surface area (Å²) in [6, 6.07) is 0. The molecule has 1 heterocycles. The van der Waals surface area contributed by atoms with Crippen LogP contribution in [0.25, 0.3) is 0 Å². The van der Waals surface area contributed by atoms with Crippen molar-refractivity contribution in [3.8, 4) is 0 Å². The Morgan fingerprint density at radius 3 is 2.77 bits per heavy atom. The smallest absolute Gasteiger partial charge is 0.168 e. The summed E-state index contributed by atoms with van der Waals surface area (Å²) < 4.78 is 6.76. The van der Waals surface area contributed by atoms with E-state index < -0.39 is 0 Å². The number of rotatable bonds is 4. The molecule has 0 aliphatic heterocycles. The first kappa shape index (κ1) is 10.4. The van der Waals surface area contributed by atoms with E-state index in [2.05, 4.69) is 15.5 Å². The van der Waals surface area contributed by atoms with Gasteiger partial charge in [0.15, 0.2) is 5.82 Å². The third-order valence-corrected chi connectivity index (χ3v) is 1.94. The Kier molecular flexibility index (Phi) is 3.62. The van der Waals surface area contributed by atoms with E-state index in [0.29, 0.717) is 12.4 Å². The normalized spacial score (nSPS) is 15.7. The molecule has 0 saturated carbocycles. The second kappa shape index (κ2) is 4.53. The predicted octanol–water partition coefficient (Wildman–Crippen LogP) is 1.01. The van der Waals surface area contributed by atoms with E-state index in [4.69, 9.17) is 16.3 Å². The maximum absolute atomic E-state index is 5.87. The van der Waals surface area contributed by atoms with Crippen LogP contribution < -0.4 is 0 Å². The van der Waals surface area contributed by atoms with Gasteiger partial charge in [-0.15, -0.1) is 16.7 Å². The minimum atomic E-state index is -0.181. The van der Waals surface area contributed by atoms with Crippen LogP contribution in [0.5, 0.6) is 0 Å². The van der Waals surface area contributed by atoms with Crippen LogP contribution >= 0.6 is 11.6 Å². The highest BCUT2D eigenvalue weighted by atomic mass is 35.5. The highest BCUT2D eigenvalue weighted by Gasteiger charge is 2.13. The average molecular weight is 205 g/mol. The van der Waals surface area contributed by atoms with E-state index in [9.17, 15) is 0 Å². The summed E-state index contributed by atoms with van der Waals surface area (Å²) >= 11 is 5.87. The van der Waals surface area contributed by atoms with E-state index in [0.717, 1.165) is 0 Å². The van der Waals surface area contributed by atoms with Gasteiger partial charge in [0.1, 0.15) is 0 Å². The van der Waals surface area contributed by atoms with Crippen LogP contribution in [0.2, 0.25) is 0 Å². The molecule has 13 heavy (non-hydrogen) atoms. The van der Waals surface area contributed by atoms with Gasteiger partial charge >= 0.3 is 0 Å². The van der Waals surface area contributed by atoms with Crippen LogP contribution in [0.1, 0.15) is 25.0 Å². The van der Waals surface area contributed by atoms with Gasteiger partial charge in [-0.05, 0) is 24.3 Å². The zero-order chi connectivity index (χ0) is 9.84. The van der Waals surface area contributed by atoms with Crippen molar-refractivity contribution < 1.29 is 4.74 Å². The third kappa shape index (κ3) is 2.63. The van der Waals surface area contributed by atoms with Gasteiger partial charge in [0.25, 0.3) is 0 Å². The molecule has 0 N–H and O–H groups in total. The molecule has 5 nitrogen and oxygen atoms in total. The number of nitrogens with zero attached hydrogens (tertiary/aromatic N) is 4. The molecular formula is C7H13ClN4O. The lowest BCUT2D eigenvalue weighted by Crippen LogP contribution is -2.18. The summed E-state index contributed by atoms with van der Waals surface area (Å²) in [5, 5.41) is 11.0. The number of tetrazole rings is 1. The summed E-state index contributed by atoms with van der Waals surface area (Å²) in [6.45, 7) is 4.40. The van der Waals surface area contributed by atoms with Crippen molar-refractivity contribution >= 4 is 11.6 Å². The van der Waals surface area contributed by atoms with E-state index in [1.54, 1.807) is 11.8 Å². The van der Waals surface area contributed by atoms with Crippen molar-refractivity contribution in [2.45, 2.75) is 31.9 Å². The molecule has 0 amide bonds. The van der Waals surface area contributed by atoms with Gasteiger partial charge < -0.3 is 4.74 Å². The Balaban J connectivity index is 2.70. The monoisotopic (exact) mass is 204 g/mol. The van der Waals surface area contributed by atoms with E-state index in [1.807, 2.05) is 13.8 Å². The van der Waals surface area contributed by atoms with Crippen molar-refractivity contribution in [2.75, 3.05) is 7.11 Å². The van der Waals surface area contributed by atoms with E-state index in [-0.39, 0.29) is 11.5 Å². The maximum Gasteiger partial charge on any atom is 0.168 e. The highest BCUT2D eigenvalue weighted by Crippen LogP contribution is 2.15. The Bertz CT molecular complexity index is 263. The molecule has 0 saturated heterocycles. The number of halogens is 1. The van der Waals surface area contributed by atoms with E-state index in [1.165, 1.54) is 0 Å². The molecule has 0 aliphatic carbocycles. The zero-order valence-electron chi connectivity index (χ0n) is 7.94. The SMILES string of the molecule is COC(C)Cn1nnnc1C(C)Cl. The molecule has 2 atom stereocenters. The van der Waals surface area contributed by atoms with Gasteiger partial charge in [-0.3, -0.25) is 0 Å². The summed E-state index contributed by atoms with van der Waals surface area (Å²) in [5.74, 6) is 0.672. The largest absolute Gasteiger partial charge is 0.380 e. The number of hydrogen-bond acceptors (Lipinski definition) is 4. The van der Waals surface area contributed by atoms with Crippen molar-refractivity contribution in [3.05, 3.63) is 5.82 Å². The molecule has 74 valence electrons. The van der Waals surface area contributed by atoms with Crippen LogP contribution in [0, 0.1) is 0 Å². The molecule has 2 unspecified atom stereocenters. The molecule has 0 spiro atoms. The molecule has 0 aromatic carbocycles. The van der Waals surface area contributed by atoms with Gasteiger partial charge in [0, 0.05) is 7.11 Å². The van der Waals surface area contributed by atoms with Gasteiger partial charge in [0.2, 0.25) is 0 Å². The lowest BCUT2D eigenvalue weighted by Gasteiger charge is -2.10. The van der Waals surface area contributed by atoms with Crippen molar-refractivity contribution in [1.29, 1.82) is 0 Å². The number of alkyl halides is 1. The van der Waals surface area contributed by atoms with Crippen LogP contribution in [0.3, 0.4) is 0 Å². The van der Waals surface area contributed by atoms with Gasteiger partial charge in [-0.1, -0.05) is 0 Å². The lowest BCUT2D eigenvalue weighted by atomic mass is 10.4. The lowest BCUT2D eigenvalue weighted by molar-refractivity contribution is 0.0983. The maximum atomic E-state index is 5.87. The molecule has 0 fully saturated rings. The summed E-state index contributed by atoms with van der Waals surface area (Å²) in [7, 11) is 1.65. The first-order valence-corrected chi connectivity index (χ1v) is 4.51. The quantitative estimate of drug-likeness (QED) is 0.687. The fraction of sp³-hybridized carbons (Fsp3) is 0.857. The molecule has 1 aromatic rings. The number of ether oxygens (including phenoxy) is 1. The van der Waals surface area contributed by atoms with Gasteiger partial charge in [-0.25, -0.2) is 4.68 Å². The first-order chi connectivity index (χ1) is 6.15. The van der Waals surface area contributed by atoms with Crippen molar-refractivity contribution in [3.63, 3.8) is 0 Å². The topological polar surface area (TPSA) is 52.8 Å². The second-order valence-electron chi connectivity index (χ2n) is 2.88. The molecule has 0 radical (unpaired) electrons. The Morgan fingerprint density at radius 2 is 2.23 bits per heavy atom. The van der Waals surface area contributed by atoms with Crippen LogP contribution in [-0.2, 0) is 11.3 Å². The Labute approximate surface area is 82.0 Å². The summed E-state index contributed by atoms with van der Waals surface area (Å²) in [5.41, 5.74) is 0.